The standard InChI is InChI=1S/C16H18N6O3S2/c1-21-10-17-20-16(21)27(24,25)11-4-6-22(7-5-11)15(23)13-9-12(18-19-13)14-3-2-8-26-14/h2-3,8-11H,4-7H2,1H3,(H,18,19). The van der Waals surface area contributed by atoms with Gasteiger partial charge in [-0.1, -0.05) is 6.07 Å². The first-order valence-electron chi connectivity index (χ1n) is 8.43. The minimum atomic E-state index is -3.56. The molecule has 1 aliphatic rings. The van der Waals surface area contributed by atoms with Crippen LogP contribution in [0.3, 0.4) is 0 Å². The molecule has 4 heterocycles. The first-order chi connectivity index (χ1) is 13.0. The number of hydrogen-bond acceptors (Lipinski definition) is 7. The summed E-state index contributed by atoms with van der Waals surface area (Å²) in [6.45, 7) is 0.726. The van der Waals surface area contributed by atoms with E-state index in [0.717, 1.165) is 10.6 Å². The molecule has 4 rings (SSSR count). The molecule has 0 spiro atoms. The van der Waals surface area contributed by atoms with Crippen molar-refractivity contribution in [2.45, 2.75) is 23.2 Å². The molecule has 1 saturated heterocycles. The van der Waals surface area contributed by atoms with E-state index < -0.39 is 15.1 Å². The van der Waals surface area contributed by atoms with Gasteiger partial charge in [-0.15, -0.1) is 21.5 Å². The molecule has 0 bridgehead atoms. The molecule has 0 radical (unpaired) electrons. The molecule has 1 aliphatic heterocycles. The fourth-order valence-corrected chi connectivity index (χ4v) is 5.63. The number of likely N-dealkylation sites (tertiary alicyclic amines) is 1. The van der Waals surface area contributed by atoms with E-state index in [-0.39, 0.29) is 11.1 Å². The number of sulfone groups is 1. The molecule has 3 aromatic heterocycles. The van der Waals surface area contributed by atoms with Crippen LogP contribution >= 0.6 is 11.3 Å². The second kappa shape index (κ2) is 6.89. The fraction of sp³-hybridized carbons (Fsp3) is 0.375. The van der Waals surface area contributed by atoms with Crippen LogP contribution < -0.4 is 0 Å². The van der Waals surface area contributed by atoms with E-state index in [1.807, 2.05) is 17.5 Å². The first-order valence-corrected chi connectivity index (χ1v) is 10.9. The number of aryl methyl sites for hydroxylation is 1. The summed E-state index contributed by atoms with van der Waals surface area (Å²) in [5, 5.41) is 15.7. The van der Waals surface area contributed by atoms with Crippen LogP contribution in [0.1, 0.15) is 23.3 Å². The summed E-state index contributed by atoms with van der Waals surface area (Å²) in [4.78, 5) is 15.4. The molecule has 0 aromatic carbocycles. The summed E-state index contributed by atoms with van der Waals surface area (Å²) in [5.41, 5.74) is 1.14. The van der Waals surface area contributed by atoms with E-state index in [4.69, 9.17) is 0 Å². The monoisotopic (exact) mass is 406 g/mol. The van der Waals surface area contributed by atoms with Crippen LogP contribution in [0.25, 0.3) is 10.6 Å². The van der Waals surface area contributed by atoms with Crippen molar-refractivity contribution in [1.82, 2.24) is 29.9 Å². The molecule has 0 saturated carbocycles. The number of nitrogens with one attached hydrogen (secondary N) is 1. The number of carbonyl (C=O) groups excluding carboxylic acids is 1. The van der Waals surface area contributed by atoms with E-state index in [1.165, 1.54) is 10.9 Å². The molecule has 27 heavy (non-hydrogen) atoms. The van der Waals surface area contributed by atoms with E-state index in [9.17, 15) is 13.2 Å². The van der Waals surface area contributed by atoms with E-state index in [1.54, 1.807) is 29.4 Å². The van der Waals surface area contributed by atoms with Crippen molar-refractivity contribution in [3.8, 4) is 10.6 Å². The Morgan fingerprint density at radius 2 is 2.11 bits per heavy atom. The first kappa shape index (κ1) is 17.9. The molecule has 11 heteroatoms. The molecule has 0 aliphatic carbocycles. The van der Waals surface area contributed by atoms with Crippen molar-refractivity contribution >= 4 is 27.1 Å². The maximum atomic E-state index is 12.7. The Bertz CT molecular complexity index is 1050. The highest BCUT2D eigenvalue weighted by atomic mass is 32.2. The Morgan fingerprint density at radius 1 is 1.33 bits per heavy atom. The van der Waals surface area contributed by atoms with Gasteiger partial charge in [-0.05, 0) is 30.4 Å². The summed E-state index contributed by atoms with van der Waals surface area (Å²) in [6, 6.07) is 5.62. The molecular weight excluding hydrogens is 388 g/mol. The van der Waals surface area contributed by atoms with Crippen LogP contribution in [0.2, 0.25) is 0 Å². The van der Waals surface area contributed by atoms with E-state index in [2.05, 4.69) is 20.4 Å². The molecule has 3 aromatic rings. The normalized spacial score (nSPS) is 16.0. The van der Waals surface area contributed by atoms with Crippen LogP contribution in [0, 0.1) is 0 Å². The molecular formula is C16H18N6O3S2. The number of amides is 1. The van der Waals surface area contributed by atoms with Gasteiger partial charge < -0.3 is 9.47 Å². The smallest absolute Gasteiger partial charge is 0.274 e. The molecule has 0 atom stereocenters. The fourth-order valence-electron chi connectivity index (χ4n) is 3.20. The van der Waals surface area contributed by atoms with Crippen LogP contribution in [0.5, 0.6) is 0 Å². The Morgan fingerprint density at radius 3 is 2.74 bits per heavy atom. The zero-order valence-electron chi connectivity index (χ0n) is 14.6. The van der Waals surface area contributed by atoms with Gasteiger partial charge in [-0.3, -0.25) is 9.89 Å². The molecule has 1 fully saturated rings. The van der Waals surface area contributed by atoms with Crippen molar-refractivity contribution in [3.63, 3.8) is 0 Å². The highest BCUT2D eigenvalue weighted by molar-refractivity contribution is 7.91. The molecule has 0 unspecified atom stereocenters. The third kappa shape index (κ3) is 3.28. The van der Waals surface area contributed by atoms with Gasteiger partial charge in [0.05, 0.1) is 15.8 Å². The van der Waals surface area contributed by atoms with Gasteiger partial charge in [0, 0.05) is 20.1 Å². The Kier molecular flexibility index (Phi) is 4.56. The Labute approximate surface area is 160 Å². The average Bonchev–Trinajstić information content (AvgIpc) is 3.41. The summed E-state index contributed by atoms with van der Waals surface area (Å²) in [7, 11) is -1.95. The van der Waals surface area contributed by atoms with Gasteiger partial charge in [0.25, 0.3) is 5.91 Å². The van der Waals surface area contributed by atoms with E-state index in [0.29, 0.717) is 31.6 Å². The number of hydrogen-bond donors (Lipinski definition) is 1. The third-order valence-electron chi connectivity index (χ3n) is 4.68. The number of rotatable bonds is 4. The number of nitrogens with zero attached hydrogens (tertiary/aromatic N) is 5. The topological polar surface area (TPSA) is 114 Å². The lowest BCUT2D eigenvalue weighted by Crippen LogP contribution is -2.43. The van der Waals surface area contributed by atoms with Crippen LogP contribution in [0.4, 0.5) is 0 Å². The number of piperidine rings is 1. The maximum absolute atomic E-state index is 12.7. The lowest BCUT2D eigenvalue weighted by Gasteiger charge is -2.30. The SMILES string of the molecule is Cn1cnnc1S(=O)(=O)C1CCN(C(=O)c2cc(-c3cccs3)[nH]n2)CC1. The number of thiophene rings is 1. The van der Waals surface area contributed by atoms with Crippen LogP contribution in [-0.4, -0.2) is 62.5 Å². The van der Waals surface area contributed by atoms with Crippen molar-refractivity contribution in [2.24, 2.45) is 7.05 Å². The van der Waals surface area contributed by atoms with Crippen molar-refractivity contribution in [1.29, 1.82) is 0 Å². The molecule has 9 nitrogen and oxygen atoms in total. The number of carbonyl (C=O) groups is 1. The molecule has 1 N–H and O–H groups in total. The summed E-state index contributed by atoms with van der Waals surface area (Å²) in [5.74, 6) is -0.191. The predicted octanol–water partition coefficient (Wildman–Crippen LogP) is 1.35. The van der Waals surface area contributed by atoms with Gasteiger partial charge in [0.15, 0.2) is 5.69 Å². The highest BCUT2D eigenvalue weighted by Gasteiger charge is 2.36. The highest BCUT2D eigenvalue weighted by Crippen LogP contribution is 2.26. The van der Waals surface area contributed by atoms with Gasteiger partial charge in [0.1, 0.15) is 6.33 Å². The minimum absolute atomic E-state index is 0.0276. The summed E-state index contributed by atoms with van der Waals surface area (Å²) in [6.07, 6.45) is 2.10. The number of aromatic nitrogens is 5. The van der Waals surface area contributed by atoms with Gasteiger partial charge in [-0.2, -0.15) is 5.10 Å². The van der Waals surface area contributed by atoms with Gasteiger partial charge in [-0.25, -0.2) is 8.42 Å². The lowest BCUT2D eigenvalue weighted by atomic mass is 10.1. The average molecular weight is 406 g/mol. The second-order valence-electron chi connectivity index (χ2n) is 6.41. The van der Waals surface area contributed by atoms with Crippen molar-refractivity contribution in [2.75, 3.05) is 13.1 Å². The maximum Gasteiger partial charge on any atom is 0.274 e. The van der Waals surface area contributed by atoms with Gasteiger partial charge in [0.2, 0.25) is 15.0 Å². The largest absolute Gasteiger partial charge is 0.337 e. The molecule has 1 amide bonds. The Hall–Kier alpha value is -2.53. The number of H-pyrrole nitrogens is 1. The quantitative estimate of drug-likeness (QED) is 0.699. The third-order valence-corrected chi connectivity index (χ3v) is 7.81. The van der Waals surface area contributed by atoms with Crippen LogP contribution in [0.15, 0.2) is 35.1 Å². The van der Waals surface area contributed by atoms with E-state index >= 15 is 0 Å². The van der Waals surface area contributed by atoms with Gasteiger partial charge >= 0.3 is 0 Å². The zero-order valence-corrected chi connectivity index (χ0v) is 16.2. The zero-order chi connectivity index (χ0) is 19.0. The lowest BCUT2D eigenvalue weighted by molar-refractivity contribution is 0.0719. The number of aromatic amines is 1. The van der Waals surface area contributed by atoms with Crippen LogP contribution in [-0.2, 0) is 16.9 Å². The summed E-state index contributed by atoms with van der Waals surface area (Å²) >= 11 is 1.56. The predicted molar refractivity (Wildman–Crippen MR) is 99.0 cm³/mol. The van der Waals surface area contributed by atoms with Crippen molar-refractivity contribution in [3.05, 3.63) is 35.6 Å². The Balaban J connectivity index is 1.43. The minimum Gasteiger partial charge on any atom is -0.337 e. The van der Waals surface area contributed by atoms with Crippen molar-refractivity contribution < 1.29 is 13.2 Å². The summed E-state index contributed by atoms with van der Waals surface area (Å²) < 4.78 is 26.8. The molecule has 142 valence electrons. The second-order valence-corrected chi connectivity index (χ2v) is 9.47.